The summed E-state index contributed by atoms with van der Waals surface area (Å²) in [6.07, 6.45) is 0. The van der Waals surface area contributed by atoms with Crippen LogP contribution >= 0.6 is 23.4 Å². The Morgan fingerprint density at radius 2 is 2.22 bits per heavy atom. The van der Waals surface area contributed by atoms with Gasteiger partial charge in [0, 0.05) is 36.7 Å². The van der Waals surface area contributed by atoms with E-state index >= 15 is 0 Å². The number of pyridine rings is 1. The summed E-state index contributed by atoms with van der Waals surface area (Å²) >= 11 is 7.82. The third-order valence-corrected chi connectivity index (χ3v) is 3.83. The molecule has 0 radical (unpaired) electrons. The van der Waals surface area contributed by atoms with Crippen LogP contribution in [0.3, 0.4) is 0 Å². The summed E-state index contributed by atoms with van der Waals surface area (Å²) in [5.41, 5.74) is 0.609. The van der Waals surface area contributed by atoms with Crippen molar-refractivity contribution in [3.05, 3.63) is 22.8 Å². The van der Waals surface area contributed by atoms with Gasteiger partial charge in [-0.25, -0.2) is 4.98 Å². The Labute approximate surface area is 116 Å². The van der Waals surface area contributed by atoms with Gasteiger partial charge in [0.1, 0.15) is 11.0 Å². The highest BCUT2D eigenvalue weighted by Crippen LogP contribution is 2.18. The van der Waals surface area contributed by atoms with Crippen LogP contribution in [-0.4, -0.2) is 46.9 Å². The topological polar surface area (TPSA) is 45.2 Å². The molecule has 1 amide bonds. The molecule has 1 saturated heterocycles. The van der Waals surface area contributed by atoms with E-state index in [9.17, 15) is 4.79 Å². The smallest absolute Gasteiger partial charge is 0.254 e. The number of thioether (sulfide) groups is 1. The largest absolute Gasteiger partial charge is 0.370 e. The predicted octanol–water partition coefficient (Wildman–Crippen LogP) is 2.36. The van der Waals surface area contributed by atoms with E-state index in [-0.39, 0.29) is 5.91 Å². The zero-order valence-electron chi connectivity index (χ0n) is 10.3. The third-order valence-electron chi connectivity index (χ3n) is 2.70. The van der Waals surface area contributed by atoms with E-state index in [0.717, 1.165) is 31.1 Å². The second-order valence-electron chi connectivity index (χ2n) is 4.00. The van der Waals surface area contributed by atoms with E-state index in [1.165, 1.54) is 0 Å². The van der Waals surface area contributed by atoms with Crippen molar-refractivity contribution in [2.75, 3.05) is 36.5 Å². The number of nitrogens with one attached hydrogen (secondary N) is 1. The molecule has 1 aromatic heterocycles. The highest BCUT2D eigenvalue weighted by atomic mass is 35.5. The maximum Gasteiger partial charge on any atom is 0.254 e. The summed E-state index contributed by atoms with van der Waals surface area (Å²) in [4.78, 5) is 18.3. The van der Waals surface area contributed by atoms with Crippen LogP contribution in [0.2, 0.25) is 5.15 Å². The molecule has 1 fully saturated rings. The summed E-state index contributed by atoms with van der Waals surface area (Å²) in [5.74, 6) is 2.70. The summed E-state index contributed by atoms with van der Waals surface area (Å²) in [6.45, 7) is 4.34. The molecule has 2 heterocycles. The minimum absolute atomic E-state index is 0.0405. The molecule has 0 atom stereocenters. The molecule has 0 spiro atoms. The number of amides is 1. The van der Waals surface area contributed by atoms with Gasteiger partial charge >= 0.3 is 0 Å². The van der Waals surface area contributed by atoms with Crippen molar-refractivity contribution in [3.63, 3.8) is 0 Å². The van der Waals surface area contributed by atoms with E-state index in [1.807, 2.05) is 23.6 Å². The lowest BCUT2D eigenvalue weighted by molar-refractivity contribution is 0.0772. The Bertz CT molecular complexity index is 435. The normalized spacial score (nSPS) is 15.6. The average Bonchev–Trinajstić information content (AvgIpc) is 2.38. The van der Waals surface area contributed by atoms with Gasteiger partial charge in [-0.3, -0.25) is 4.79 Å². The van der Waals surface area contributed by atoms with Crippen molar-refractivity contribution in [2.45, 2.75) is 6.92 Å². The Balaban J connectivity index is 2.18. The highest BCUT2D eigenvalue weighted by molar-refractivity contribution is 7.99. The van der Waals surface area contributed by atoms with E-state index < -0.39 is 0 Å². The third kappa shape index (κ3) is 3.29. The summed E-state index contributed by atoms with van der Waals surface area (Å²) in [5, 5.41) is 3.43. The highest BCUT2D eigenvalue weighted by Gasteiger charge is 2.19. The summed E-state index contributed by atoms with van der Waals surface area (Å²) in [7, 11) is 0. The fourth-order valence-corrected chi connectivity index (χ4v) is 2.95. The second kappa shape index (κ2) is 6.29. The number of halogens is 1. The van der Waals surface area contributed by atoms with Crippen molar-refractivity contribution < 1.29 is 4.79 Å². The monoisotopic (exact) mass is 285 g/mol. The molecular formula is C12H16ClN3OS. The predicted molar refractivity (Wildman–Crippen MR) is 76.6 cm³/mol. The van der Waals surface area contributed by atoms with Gasteiger partial charge in [0.25, 0.3) is 5.91 Å². The lowest BCUT2D eigenvalue weighted by atomic mass is 10.2. The molecule has 0 aromatic carbocycles. The molecule has 0 unspecified atom stereocenters. The number of nitrogens with zero attached hydrogens (tertiary/aromatic N) is 2. The molecule has 98 valence electrons. The van der Waals surface area contributed by atoms with Crippen molar-refractivity contribution in [3.8, 4) is 0 Å². The zero-order chi connectivity index (χ0) is 13.0. The minimum atomic E-state index is 0.0405. The molecule has 1 aromatic rings. The van der Waals surface area contributed by atoms with Crippen LogP contribution in [0.4, 0.5) is 5.82 Å². The van der Waals surface area contributed by atoms with Crippen LogP contribution in [0, 0.1) is 0 Å². The number of aromatic nitrogens is 1. The van der Waals surface area contributed by atoms with Crippen LogP contribution in [0.15, 0.2) is 12.1 Å². The van der Waals surface area contributed by atoms with Crippen molar-refractivity contribution in [1.29, 1.82) is 0 Å². The molecule has 2 rings (SSSR count). The number of hydrogen-bond acceptors (Lipinski definition) is 4. The maximum atomic E-state index is 12.3. The Morgan fingerprint density at radius 3 is 2.89 bits per heavy atom. The molecule has 1 N–H and O–H groups in total. The molecule has 0 aliphatic carbocycles. The molecular weight excluding hydrogens is 270 g/mol. The fourth-order valence-electron chi connectivity index (χ4n) is 1.84. The first-order valence-corrected chi connectivity index (χ1v) is 7.52. The number of rotatable bonds is 3. The van der Waals surface area contributed by atoms with Gasteiger partial charge in [0.05, 0.1) is 0 Å². The standard InChI is InChI=1S/C12H16ClN3OS/c1-2-14-11-8-9(7-10(13)15-11)12(17)16-3-5-18-6-4-16/h7-8H,2-6H2,1H3,(H,14,15). The molecule has 0 saturated carbocycles. The van der Waals surface area contributed by atoms with Crippen LogP contribution in [-0.2, 0) is 0 Å². The molecule has 4 nitrogen and oxygen atoms in total. The fraction of sp³-hybridized carbons (Fsp3) is 0.500. The molecule has 1 aliphatic rings. The van der Waals surface area contributed by atoms with Crippen LogP contribution in [0.5, 0.6) is 0 Å². The Morgan fingerprint density at radius 1 is 1.50 bits per heavy atom. The van der Waals surface area contributed by atoms with Crippen LogP contribution in [0.1, 0.15) is 17.3 Å². The second-order valence-corrected chi connectivity index (χ2v) is 5.61. The summed E-state index contributed by atoms with van der Waals surface area (Å²) in [6, 6.07) is 3.39. The maximum absolute atomic E-state index is 12.3. The molecule has 1 aliphatic heterocycles. The number of carbonyl (C=O) groups excluding carboxylic acids is 1. The van der Waals surface area contributed by atoms with E-state index in [0.29, 0.717) is 16.5 Å². The summed E-state index contributed by atoms with van der Waals surface area (Å²) < 4.78 is 0. The minimum Gasteiger partial charge on any atom is -0.370 e. The van der Waals surface area contributed by atoms with Gasteiger partial charge in [0.15, 0.2) is 0 Å². The Hall–Kier alpha value is -0.940. The lowest BCUT2D eigenvalue weighted by Crippen LogP contribution is -2.37. The lowest BCUT2D eigenvalue weighted by Gasteiger charge is -2.26. The van der Waals surface area contributed by atoms with Gasteiger partial charge in [-0.15, -0.1) is 0 Å². The van der Waals surface area contributed by atoms with Crippen molar-refractivity contribution >= 4 is 35.1 Å². The zero-order valence-corrected chi connectivity index (χ0v) is 11.9. The first kappa shape index (κ1) is 13.5. The molecule has 18 heavy (non-hydrogen) atoms. The van der Waals surface area contributed by atoms with Gasteiger partial charge in [-0.2, -0.15) is 11.8 Å². The van der Waals surface area contributed by atoms with E-state index in [1.54, 1.807) is 12.1 Å². The van der Waals surface area contributed by atoms with Crippen molar-refractivity contribution in [2.24, 2.45) is 0 Å². The van der Waals surface area contributed by atoms with Gasteiger partial charge < -0.3 is 10.2 Å². The Kier molecular flexibility index (Phi) is 4.72. The number of hydrogen-bond donors (Lipinski definition) is 1. The first-order valence-electron chi connectivity index (χ1n) is 5.99. The van der Waals surface area contributed by atoms with Gasteiger partial charge in [0.2, 0.25) is 0 Å². The number of carbonyl (C=O) groups is 1. The van der Waals surface area contributed by atoms with Crippen LogP contribution in [0.25, 0.3) is 0 Å². The van der Waals surface area contributed by atoms with Gasteiger partial charge in [-0.1, -0.05) is 11.6 Å². The molecule has 0 bridgehead atoms. The quantitative estimate of drug-likeness (QED) is 0.866. The van der Waals surface area contributed by atoms with Gasteiger partial charge in [-0.05, 0) is 19.1 Å². The van der Waals surface area contributed by atoms with Crippen LogP contribution < -0.4 is 5.32 Å². The molecule has 6 heteroatoms. The average molecular weight is 286 g/mol. The van der Waals surface area contributed by atoms with Crippen molar-refractivity contribution in [1.82, 2.24) is 9.88 Å². The number of anilines is 1. The SMILES string of the molecule is CCNc1cc(C(=O)N2CCSCC2)cc(Cl)n1. The van der Waals surface area contributed by atoms with E-state index in [2.05, 4.69) is 10.3 Å². The first-order chi connectivity index (χ1) is 8.70. The van der Waals surface area contributed by atoms with E-state index in [4.69, 9.17) is 11.6 Å².